The van der Waals surface area contributed by atoms with Crippen molar-refractivity contribution < 1.29 is 9.90 Å². The van der Waals surface area contributed by atoms with Gasteiger partial charge in [0, 0.05) is 18.5 Å². The number of rotatable bonds is 4. The molecule has 1 aromatic rings. The molecule has 0 spiro atoms. The van der Waals surface area contributed by atoms with Gasteiger partial charge in [0.05, 0.1) is 12.2 Å². The Morgan fingerprint density at radius 3 is 3.08 bits per heavy atom. The molecule has 0 unspecified atom stereocenters. The second kappa shape index (κ2) is 4.92. The van der Waals surface area contributed by atoms with E-state index in [-0.39, 0.29) is 0 Å². The summed E-state index contributed by atoms with van der Waals surface area (Å²) >= 11 is 0. The molecular formula is C9H10N2O2. The van der Waals surface area contributed by atoms with Crippen molar-refractivity contribution in [3.05, 3.63) is 42.4 Å². The van der Waals surface area contributed by atoms with Crippen molar-refractivity contribution >= 4 is 5.97 Å². The Bertz CT molecular complexity index is 296. The molecule has 1 heterocycles. The number of nitrogens with zero attached hydrogens (tertiary/aromatic N) is 1. The van der Waals surface area contributed by atoms with Gasteiger partial charge in [-0.05, 0) is 12.1 Å². The first-order chi connectivity index (χ1) is 6.29. The van der Waals surface area contributed by atoms with Crippen LogP contribution in [0.25, 0.3) is 0 Å². The molecule has 4 heteroatoms. The number of aliphatic carboxylic acids is 1. The minimum atomic E-state index is -0.964. The molecule has 13 heavy (non-hydrogen) atoms. The molecule has 0 aliphatic heterocycles. The first kappa shape index (κ1) is 9.25. The highest BCUT2D eigenvalue weighted by atomic mass is 16.4. The van der Waals surface area contributed by atoms with E-state index in [1.807, 2.05) is 18.2 Å². The Labute approximate surface area is 75.9 Å². The summed E-state index contributed by atoms with van der Waals surface area (Å²) in [5.74, 6) is -0.964. The van der Waals surface area contributed by atoms with Gasteiger partial charge in [0.25, 0.3) is 0 Å². The lowest BCUT2D eigenvalue weighted by Crippen LogP contribution is -2.06. The Kier molecular flexibility index (Phi) is 3.50. The van der Waals surface area contributed by atoms with E-state index in [9.17, 15) is 4.79 Å². The largest absolute Gasteiger partial charge is 0.478 e. The molecule has 0 aromatic carbocycles. The van der Waals surface area contributed by atoms with E-state index < -0.39 is 5.97 Å². The fourth-order valence-electron chi connectivity index (χ4n) is 0.796. The van der Waals surface area contributed by atoms with Crippen LogP contribution in [0.5, 0.6) is 0 Å². The number of hydrogen-bond acceptors (Lipinski definition) is 3. The van der Waals surface area contributed by atoms with Crippen molar-refractivity contribution in [2.75, 3.05) is 0 Å². The van der Waals surface area contributed by atoms with Crippen molar-refractivity contribution in [3.63, 3.8) is 0 Å². The maximum atomic E-state index is 10.1. The number of carboxylic acid groups (broad SMARTS) is 1. The van der Waals surface area contributed by atoms with E-state index >= 15 is 0 Å². The van der Waals surface area contributed by atoms with E-state index in [2.05, 4.69) is 10.3 Å². The van der Waals surface area contributed by atoms with Crippen LogP contribution < -0.4 is 5.32 Å². The zero-order chi connectivity index (χ0) is 9.52. The molecule has 0 saturated heterocycles. The van der Waals surface area contributed by atoms with Crippen LogP contribution in [0.3, 0.4) is 0 Å². The first-order valence-electron chi connectivity index (χ1n) is 3.82. The van der Waals surface area contributed by atoms with Gasteiger partial charge in [0.2, 0.25) is 0 Å². The van der Waals surface area contributed by atoms with E-state index in [0.717, 1.165) is 11.8 Å². The lowest BCUT2D eigenvalue weighted by molar-refractivity contribution is -0.131. The highest BCUT2D eigenvalue weighted by Crippen LogP contribution is 1.91. The van der Waals surface area contributed by atoms with Crippen LogP contribution in [0.4, 0.5) is 0 Å². The van der Waals surface area contributed by atoms with Gasteiger partial charge < -0.3 is 10.4 Å². The maximum Gasteiger partial charge on any atom is 0.329 e. The summed E-state index contributed by atoms with van der Waals surface area (Å²) in [6.07, 6.45) is 4.12. The van der Waals surface area contributed by atoms with Gasteiger partial charge in [-0.15, -0.1) is 0 Å². The fraction of sp³-hybridized carbons (Fsp3) is 0.111. The number of hydrogen-bond donors (Lipinski definition) is 2. The van der Waals surface area contributed by atoms with E-state index in [1.165, 1.54) is 6.20 Å². The number of aromatic nitrogens is 1. The zero-order valence-corrected chi connectivity index (χ0v) is 6.97. The summed E-state index contributed by atoms with van der Waals surface area (Å²) in [4.78, 5) is 14.1. The van der Waals surface area contributed by atoms with Crippen LogP contribution in [-0.2, 0) is 11.3 Å². The molecule has 0 amide bonds. The van der Waals surface area contributed by atoms with Crippen LogP contribution >= 0.6 is 0 Å². The molecule has 0 bridgehead atoms. The Morgan fingerprint density at radius 1 is 1.62 bits per heavy atom. The monoisotopic (exact) mass is 178 g/mol. The predicted molar refractivity (Wildman–Crippen MR) is 47.9 cm³/mol. The molecule has 1 aromatic heterocycles. The number of nitrogens with one attached hydrogen (secondary N) is 1. The SMILES string of the molecule is O=C(O)C=CNCc1ccccn1. The molecule has 4 nitrogen and oxygen atoms in total. The van der Waals surface area contributed by atoms with E-state index in [4.69, 9.17) is 5.11 Å². The average Bonchev–Trinajstić information content (AvgIpc) is 2.14. The number of pyridine rings is 1. The average molecular weight is 178 g/mol. The Morgan fingerprint density at radius 2 is 2.46 bits per heavy atom. The normalized spacial score (nSPS) is 10.2. The summed E-state index contributed by atoms with van der Waals surface area (Å²) in [6.45, 7) is 0.532. The van der Waals surface area contributed by atoms with Gasteiger partial charge in [-0.1, -0.05) is 6.07 Å². The van der Waals surface area contributed by atoms with Crippen LogP contribution in [0.15, 0.2) is 36.7 Å². The third-order valence-corrected chi connectivity index (χ3v) is 1.35. The highest BCUT2D eigenvalue weighted by Gasteiger charge is 1.88. The van der Waals surface area contributed by atoms with Crippen molar-refractivity contribution in [2.24, 2.45) is 0 Å². The number of carbonyl (C=O) groups is 1. The smallest absolute Gasteiger partial charge is 0.329 e. The van der Waals surface area contributed by atoms with Crippen molar-refractivity contribution in [1.29, 1.82) is 0 Å². The van der Waals surface area contributed by atoms with Gasteiger partial charge in [-0.3, -0.25) is 4.98 Å². The lowest BCUT2D eigenvalue weighted by atomic mass is 10.3. The maximum absolute atomic E-state index is 10.1. The van der Waals surface area contributed by atoms with Gasteiger partial charge >= 0.3 is 5.97 Å². The number of carboxylic acids is 1. The van der Waals surface area contributed by atoms with Crippen LogP contribution in [0.1, 0.15) is 5.69 Å². The third kappa shape index (κ3) is 3.91. The summed E-state index contributed by atoms with van der Waals surface area (Å²) < 4.78 is 0. The second-order valence-electron chi connectivity index (χ2n) is 2.37. The van der Waals surface area contributed by atoms with Gasteiger partial charge in [-0.25, -0.2) is 4.79 Å². The van der Waals surface area contributed by atoms with Gasteiger partial charge in [-0.2, -0.15) is 0 Å². The molecule has 0 radical (unpaired) electrons. The van der Waals surface area contributed by atoms with Gasteiger partial charge in [0.1, 0.15) is 0 Å². The second-order valence-corrected chi connectivity index (χ2v) is 2.37. The molecule has 68 valence electrons. The molecule has 0 aliphatic carbocycles. The Balaban J connectivity index is 2.32. The quantitative estimate of drug-likeness (QED) is 0.668. The molecule has 0 saturated carbocycles. The highest BCUT2D eigenvalue weighted by molar-refractivity contribution is 5.79. The summed E-state index contributed by atoms with van der Waals surface area (Å²) in [5.41, 5.74) is 0.873. The van der Waals surface area contributed by atoms with Crippen molar-refractivity contribution in [1.82, 2.24) is 10.3 Å². The van der Waals surface area contributed by atoms with Crippen LogP contribution in [-0.4, -0.2) is 16.1 Å². The first-order valence-corrected chi connectivity index (χ1v) is 3.82. The molecule has 0 aliphatic rings. The lowest BCUT2D eigenvalue weighted by Gasteiger charge is -1.98. The van der Waals surface area contributed by atoms with Crippen LogP contribution in [0.2, 0.25) is 0 Å². The van der Waals surface area contributed by atoms with E-state index in [1.54, 1.807) is 6.20 Å². The molecule has 0 atom stereocenters. The molecular weight excluding hydrogens is 168 g/mol. The standard InChI is InChI=1S/C9H10N2O2/c12-9(13)4-6-10-7-8-3-1-2-5-11-8/h1-6,10H,7H2,(H,12,13). The van der Waals surface area contributed by atoms with Crippen molar-refractivity contribution in [3.8, 4) is 0 Å². The van der Waals surface area contributed by atoms with Crippen LogP contribution in [0, 0.1) is 0 Å². The minimum Gasteiger partial charge on any atom is -0.478 e. The predicted octanol–water partition coefficient (Wildman–Crippen LogP) is 0.769. The molecule has 0 fully saturated rings. The van der Waals surface area contributed by atoms with Crippen molar-refractivity contribution in [2.45, 2.75) is 6.54 Å². The minimum absolute atomic E-state index is 0.532. The fourth-order valence-corrected chi connectivity index (χ4v) is 0.796. The summed E-state index contributed by atoms with van der Waals surface area (Å²) in [6, 6.07) is 5.57. The topological polar surface area (TPSA) is 62.2 Å². The third-order valence-electron chi connectivity index (χ3n) is 1.35. The Hall–Kier alpha value is -1.84. The molecule has 2 N–H and O–H groups in total. The van der Waals surface area contributed by atoms with Gasteiger partial charge in [0.15, 0.2) is 0 Å². The summed E-state index contributed by atoms with van der Waals surface area (Å²) in [7, 11) is 0. The zero-order valence-electron chi connectivity index (χ0n) is 6.97. The molecule has 1 rings (SSSR count). The summed E-state index contributed by atoms with van der Waals surface area (Å²) in [5, 5.41) is 11.1. The van der Waals surface area contributed by atoms with E-state index in [0.29, 0.717) is 6.54 Å².